The van der Waals surface area contributed by atoms with Gasteiger partial charge in [-0.25, -0.2) is 4.79 Å². The van der Waals surface area contributed by atoms with E-state index in [2.05, 4.69) is 28.5 Å². The Kier molecular flexibility index (Phi) is 10.0. The van der Waals surface area contributed by atoms with Gasteiger partial charge in [0.15, 0.2) is 0 Å². The Morgan fingerprint density at radius 1 is 1.17 bits per heavy atom. The molecule has 0 bridgehead atoms. The molecule has 3 nitrogen and oxygen atoms in total. The largest absolute Gasteiger partial charge is 0.462 e. The summed E-state index contributed by atoms with van der Waals surface area (Å²) in [6.45, 7) is 2.17. The van der Waals surface area contributed by atoms with Crippen molar-refractivity contribution < 1.29 is 14.6 Å². The van der Waals surface area contributed by atoms with Gasteiger partial charge in [-0.2, -0.15) is 0 Å². The molecule has 132 valence electrons. The molecule has 1 aromatic rings. The van der Waals surface area contributed by atoms with Crippen molar-refractivity contribution in [2.45, 2.75) is 63.9 Å². The number of hydrogen-bond acceptors (Lipinski definition) is 3. The summed E-state index contributed by atoms with van der Waals surface area (Å²) in [7, 11) is 0. The van der Waals surface area contributed by atoms with Crippen LogP contribution in [0.5, 0.6) is 0 Å². The lowest BCUT2D eigenvalue weighted by Gasteiger charge is -2.15. The minimum absolute atomic E-state index is 0.236. The second-order valence-electron chi connectivity index (χ2n) is 6.26. The van der Waals surface area contributed by atoms with Crippen LogP contribution in [-0.2, 0) is 4.74 Å². The number of carbonyl (C=O) groups excluding carboxylic acids is 1. The van der Waals surface area contributed by atoms with Crippen LogP contribution in [0.3, 0.4) is 0 Å². The summed E-state index contributed by atoms with van der Waals surface area (Å²) in [5.74, 6) is 2.17. The Hall–Kier alpha value is -1.06. The fraction of sp³-hybridized carbons (Fsp3) is 0.550. The molecule has 0 spiro atoms. The number of esters is 1. The Labute approximate surface area is 159 Å². The summed E-state index contributed by atoms with van der Waals surface area (Å²) in [6, 6.07) is 7.45. The van der Waals surface area contributed by atoms with Gasteiger partial charge in [0.05, 0.1) is 12.2 Å². The van der Waals surface area contributed by atoms with Crippen molar-refractivity contribution in [1.82, 2.24) is 0 Å². The molecular formula is C20H27IO3. The maximum absolute atomic E-state index is 11.9. The first-order valence-corrected chi connectivity index (χ1v) is 9.66. The van der Waals surface area contributed by atoms with E-state index in [0.717, 1.165) is 42.1 Å². The van der Waals surface area contributed by atoms with Gasteiger partial charge in [0.1, 0.15) is 5.60 Å². The van der Waals surface area contributed by atoms with Gasteiger partial charge in [-0.05, 0) is 60.9 Å². The Morgan fingerprint density at radius 3 is 2.38 bits per heavy atom. The van der Waals surface area contributed by atoms with E-state index in [1.54, 1.807) is 13.0 Å². The van der Waals surface area contributed by atoms with E-state index in [1.165, 1.54) is 6.42 Å². The SMILES string of the molecule is C#CC(C)(O)CCCCCCCCCOC(=O)c1ccccc1I. The zero-order valence-corrected chi connectivity index (χ0v) is 16.5. The normalized spacial score (nSPS) is 13.1. The summed E-state index contributed by atoms with van der Waals surface area (Å²) in [4.78, 5) is 11.9. The van der Waals surface area contributed by atoms with Crippen LogP contribution in [0.2, 0.25) is 0 Å². The number of halogens is 1. The molecule has 0 heterocycles. The number of hydrogen-bond donors (Lipinski definition) is 1. The van der Waals surface area contributed by atoms with Gasteiger partial charge >= 0.3 is 5.97 Å². The third-order valence-corrected chi connectivity index (χ3v) is 4.89. The summed E-state index contributed by atoms with van der Waals surface area (Å²) >= 11 is 2.15. The van der Waals surface area contributed by atoms with Crippen LogP contribution in [0.15, 0.2) is 24.3 Å². The molecule has 0 saturated heterocycles. The summed E-state index contributed by atoms with van der Waals surface area (Å²) in [5, 5.41) is 9.69. The first-order valence-electron chi connectivity index (χ1n) is 8.58. The Balaban J connectivity index is 1.99. The van der Waals surface area contributed by atoms with Crippen molar-refractivity contribution >= 4 is 28.6 Å². The van der Waals surface area contributed by atoms with Crippen molar-refractivity contribution in [3.63, 3.8) is 0 Å². The molecule has 4 heteroatoms. The number of carbonyl (C=O) groups is 1. The summed E-state index contributed by atoms with van der Waals surface area (Å²) in [6.07, 6.45) is 13.4. The molecule has 0 fully saturated rings. The van der Waals surface area contributed by atoms with Crippen molar-refractivity contribution in [1.29, 1.82) is 0 Å². The maximum atomic E-state index is 11.9. The van der Waals surface area contributed by atoms with Crippen LogP contribution in [-0.4, -0.2) is 23.3 Å². The van der Waals surface area contributed by atoms with Crippen LogP contribution in [0.4, 0.5) is 0 Å². The number of aliphatic hydroxyl groups is 1. The molecule has 0 radical (unpaired) electrons. The van der Waals surface area contributed by atoms with Gasteiger partial charge in [-0.15, -0.1) is 6.42 Å². The van der Waals surface area contributed by atoms with Gasteiger partial charge < -0.3 is 9.84 Å². The molecule has 0 saturated carbocycles. The highest BCUT2D eigenvalue weighted by Gasteiger charge is 2.14. The summed E-state index contributed by atoms with van der Waals surface area (Å²) < 4.78 is 6.23. The second-order valence-corrected chi connectivity index (χ2v) is 7.42. The first-order chi connectivity index (χ1) is 11.5. The maximum Gasteiger partial charge on any atom is 0.339 e. The van der Waals surface area contributed by atoms with Crippen LogP contribution < -0.4 is 0 Å². The Morgan fingerprint density at radius 2 is 1.75 bits per heavy atom. The van der Waals surface area contributed by atoms with E-state index >= 15 is 0 Å². The standard InChI is InChI=1S/C20H27IO3/c1-3-20(2,23)15-11-7-5-4-6-8-12-16-24-19(22)17-13-9-10-14-18(17)21/h1,9-10,13-14,23H,4-8,11-12,15-16H2,2H3. The van der Waals surface area contributed by atoms with Gasteiger partial charge in [0, 0.05) is 3.57 Å². The third kappa shape index (κ3) is 8.70. The van der Waals surface area contributed by atoms with Crippen molar-refractivity contribution in [3.8, 4) is 12.3 Å². The van der Waals surface area contributed by atoms with E-state index in [1.807, 2.05) is 18.2 Å². The minimum atomic E-state index is -0.958. The molecule has 1 rings (SSSR count). The highest BCUT2D eigenvalue weighted by Crippen LogP contribution is 2.16. The molecule has 1 unspecified atom stereocenters. The van der Waals surface area contributed by atoms with Gasteiger partial charge in [-0.1, -0.05) is 50.2 Å². The Bertz CT molecular complexity index is 546. The van der Waals surface area contributed by atoms with Crippen LogP contribution in [0.25, 0.3) is 0 Å². The van der Waals surface area contributed by atoms with Crippen LogP contribution in [0.1, 0.15) is 68.6 Å². The lowest BCUT2D eigenvalue weighted by Crippen LogP contribution is -2.20. The van der Waals surface area contributed by atoms with Crippen LogP contribution >= 0.6 is 22.6 Å². The molecule has 0 aliphatic carbocycles. The summed E-state index contributed by atoms with van der Waals surface area (Å²) in [5.41, 5.74) is -0.318. The molecular weight excluding hydrogens is 415 g/mol. The number of terminal acetylenes is 1. The van der Waals surface area contributed by atoms with Gasteiger partial charge in [0.25, 0.3) is 0 Å². The molecule has 1 atom stereocenters. The van der Waals surface area contributed by atoms with Crippen molar-refractivity contribution in [2.24, 2.45) is 0 Å². The van der Waals surface area contributed by atoms with E-state index in [9.17, 15) is 9.90 Å². The fourth-order valence-corrected chi connectivity index (χ4v) is 3.00. The lowest BCUT2D eigenvalue weighted by molar-refractivity contribution is 0.0496. The van der Waals surface area contributed by atoms with E-state index in [4.69, 9.17) is 11.2 Å². The number of ether oxygens (including phenoxy) is 1. The molecule has 0 amide bonds. The number of unbranched alkanes of at least 4 members (excludes halogenated alkanes) is 6. The number of rotatable bonds is 11. The predicted molar refractivity (Wildman–Crippen MR) is 106 cm³/mol. The lowest BCUT2D eigenvalue weighted by atomic mass is 9.98. The average Bonchev–Trinajstić information content (AvgIpc) is 2.56. The van der Waals surface area contributed by atoms with Crippen molar-refractivity contribution in [2.75, 3.05) is 6.61 Å². The molecule has 1 aromatic carbocycles. The highest BCUT2D eigenvalue weighted by atomic mass is 127. The fourth-order valence-electron chi connectivity index (χ4n) is 2.40. The van der Waals surface area contributed by atoms with E-state index in [-0.39, 0.29) is 5.97 Å². The second kappa shape index (κ2) is 11.5. The molecule has 0 aromatic heterocycles. The van der Waals surface area contributed by atoms with Gasteiger partial charge in [-0.3, -0.25) is 0 Å². The molecule has 1 N–H and O–H groups in total. The van der Waals surface area contributed by atoms with E-state index < -0.39 is 5.60 Å². The zero-order valence-electron chi connectivity index (χ0n) is 14.4. The topological polar surface area (TPSA) is 46.5 Å². The zero-order chi connectivity index (χ0) is 17.8. The molecule has 0 aliphatic heterocycles. The molecule has 0 aliphatic rings. The van der Waals surface area contributed by atoms with Gasteiger partial charge in [0.2, 0.25) is 0 Å². The van der Waals surface area contributed by atoms with E-state index in [0.29, 0.717) is 18.6 Å². The quantitative estimate of drug-likeness (QED) is 0.228. The van der Waals surface area contributed by atoms with Crippen molar-refractivity contribution in [3.05, 3.63) is 33.4 Å². The predicted octanol–water partition coefficient (Wildman–Crippen LogP) is 4.95. The monoisotopic (exact) mass is 442 g/mol. The third-order valence-electron chi connectivity index (χ3n) is 3.95. The highest BCUT2D eigenvalue weighted by molar-refractivity contribution is 14.1. The number of benzene rings is 1. The molecule has 24 heavy (non-hydrogen) atoms. The average molecular weight is 442 g/mol. The first kappa shape index (κ1) is 21.0. The van der Waals surface area contributed by atoms with Crippen LogP contribution in [0, 0.1) is 15.9 Å². The smallest absolute Gasteiger partial charge is 0.339 e. The minimum Gasteiger partial charge on any atom is -0.462 e.